The molecule has 0 spiro atoms. The zero-order valence-corrected chi connectivity index (χ0v) is 11.1. The molecule has 0 aliphatic carbocycles. The number of likely N-dealkylation sites (N-methyl/N-ethyl adjacent to an activating group) is 1. The zero-order chi connectivity index (χ0) is 13.5. The summed E-state index contributed by atoms with van der Waals surface area (Å²) in [7, 11) is 4.97. The summed E-state index contributed by atoms with van der Waals surface area (Å²) in [5, 5.41) is 0. The standard InChI is InChI=1S/C13H21FN2O2/c1-16(8-11(15)9-17-2)7-10-5-4-6-12(18-3)13(10)14/h4-6,11H,7-9,15H2,1-3H3. The maximum Gasteiger partial charge on any atom is 0.169 e. The van der Waals surface area contributed by atoms with Crippen LogP contribution in [0.4, 0.5) is 4.39 Å². The summed E-state index contributed by atoms with van der Waals surface area (Å²) >= 11 is 0. The number of nitrogens with zero attached hydrogens (tertiary/aromatic N) is 1. The molecule has 0 radical (unpaired) electrons. The number of hydrogen-bond donors (Lipinski definition) is 1. The van der Waals surface area contributed by atoms with E-state index in [-0.39, 0.29) is 17.6 Å². The first-order valence-electron chi connectivity index (χ1n) is 5.83. The molecule has 0 saturated carbocycles. The van der Waals surface area contributed by atoms with Crippen molar-refractivity contribution < 1.29 is 13.9 Å². The highest BCUT2D eigenvalue weighted by molar-refractivity contribution is 5.30. The lowest BCUT2D eigenvalue weighted by atomic mass is 10.2. The average molecular weight is 256 g/mol. The van der Waals surface area contributed by atoms with Crippen molar-refractivity contribution in [2.24, 2.45) is 5.73 Å². The number of methoxy groups -OCH3 is 2. The van der Waals surface area contributed by atoms with Gasteiger partial charge >= 0.3 is 0 Å². The molecule has 4 nitrogen and oxygen atoms in total. The number of benzene rings is 1. The molecule has 5 heteroatoms. The van der Waals surface area contributed by atoms with E-state index < -0.39 is 0 Å². The molecule has 0 bridgehead atoms. The Hall–Kier alpha value is -1.17. The summed E-state index contributed by atoms with van der Waals surface area (Å²) in [6, 6.07) is 5.06. The summed E-state index contributed by atoms with van der Waals surface area (Å²) in [6.45, 7) is 1.62. The van der Waals surface area contributed by atoms with Crippen LogP contribution in [0.25, 0.3) is 0 Å². The second-order valence-corrected chi connectivity index (χ2v) is 4.35. The zero-order valence-electron chi connectivity index (χ0n) is 11.1. The molecule has 1 aromatic rings. The Morgan fingerprint density at radius 3 is 2.72 bits per heavy atom. The molecular weight excluding hydrogens is 235 g/mol. The third-order valence-electron chi connectivity index (χ3n) is 2.63. The Bertz CT molecular complexity index is 374. The molecule has 0 aromatic heterocycles. The van der Waals surface area contributed by atoms with Gasteiger partial charge in [0.1, 0.15) is 0 Å². The van der Waals surface area contributed by atoms with E-state index in [1.165, 1.54) is 7.11 Å². The lowest BCUT2D eigenvalue weighted by molar-refractivity contribution is 0.159. The van der Waals surface area contributed by atoms with Crippen LogP contribution in [0.15, 0.2) is 18.2 Å². The molecule has 2 N–H and O–H groups in total. The van der Waals surface area contributed by atoms with Crippen LogP contribution in [0.2, 0.25) is 0 Å². The van der Waals surface area contributed by atoms with Crippen LogP contribution >= 0.6 is 0 Å². The molecule has 0 saturated heterocycles. The predicted molar refractivity (Wildman–Crippen MR) is 69.1 cm³/mol. The average Bonchev–Trinajstić information content (AvgIpc) is 2.32. The quantitative estimate of drug-likeness (QED) is 0.797. The van der Waals surface area contributed by atoms with Gasteiger partial charge in [-0.1, -0.05) is 12.1 Å². The van der Waals surface area contributed by atoms with Crippen LogP contribution in [0, 0.1) is 5.82 Å². The lowest BCUT2D eigenvalue weighted by Crippen LogP contribution is -2.38. The van der Waals surface area contributed by atoms with Gasteiger partial charge in [-0.3, -0.25) is 0 Å². The fourth-order valence-corrected chi connectivity index (χ4v) is 1.86. The normalized spacial score (nSPS) is 12.8. The van der Waals surface area contributed by atoms with Crippen LogP contribution in [0.5, 0.6) is 5.75 Å². The van der Waals surface area contributed by atoms with Gasteiger partial charge in [-0.15, -0.1) is 0 Å². The molecule has 0 heterocycles. The second-order valence-electron chi connectivity index (χ2n) is 4.35. The fraction of sp³-hybridized carbons (Fsp3) is 0.538. The summed E-state index contributed by atoms with van der Waals surface area (Å²) in [5.41, 5.74) is 6.45. The topological polar surface area (TPSA) is 47.7 Å². The first kappa shape index (κ1) is 14.9. The molecule has 18 heavy (non-hydrogen) atoms. The van der Waals surface area contributed by atoms with Gasteiger partial charge in [-0.05, 0) is 13.1 Å². The Morgan fingerprint density at radius 2 is 2.11 bits per heavy atom. The van der Waals surface area contributed by atoms with Gasteiger partial charge in [0.2, 0.25) is 0 Å². The van der Waals surface area contributed by atoms with E-state index in [1.807, 2.05) is 11.9 Å². The predicted octanol–water partition coefficient (Wildman–Crippen LogP) is 1.24. The van der Waals surface area contributed by atoms with Gasteiger partial charge < -0.3 is 20.1 Å². The Balaban J connectivity index is 2.61. The monoisotopic (exact) mass is 256 g/mol. The molecule has 1 atom stereocenters. The van der Waals surface area contributed by atoms with E-state index >= 15 is 0 Å². The first-order chi connectivity index (χ1) is 8.58. The van der Waals surface area contributed by atoms with Gasteiger partial charge in [0.05, 0.1) is 13.7 Å². The van der Waals surface area contributed by atoms with Gasteiger partial charge in [0, 0.05) is 31.8 Å². The van der Waals surface area contributed by atoms with Gasteiger partial charge in [0.25, 0.3) is 0 Å². The van der Waals surface area contributed by atoms with Crippen molar-refractivity contribution in [2.45, 2.75) is 12.6 Å². The van der Waals surface area contributed by atoms with Crippen molar-refractivity contribution in [1.82, 2.24) is 4.90 Å². The first-order valence-corrected chi connectivity index (χ1v) is 5.83. The van der Waals surface area contributed by atoms with E-state index in [0.717, 1.165) is 0 Å². The largest absolute Gasteiger partial charge is 0.494 e. The molecule has 0 aliphatic rings. The fourth-order valence-electron chi connectivity index (χ4n) is 1.86. The highest BCUT2D eigenvalue weighted by Gasteiger charge is 2.12. The summed E-state index contributed by atoms with van der Waals surface area (Å²) < 4.78 is 23.8. The van der Waals surface area contributed by atoms with Crippen molar-refractivity contribution in [3.05, 3.63) is 29.6 Å². The highest BCUT2D eigenvalue weighted by Crippen LogP contribution is 2.20. The summed E-state index contributed by atoms with van der Waals surface area (Å²) in [5.74, 6) is -0.0470. The van der Waals surface area contributed by atoms with Crippen molar-refractivity contribution in [1.29, 1.82) is 0 Å². The maximum absolute atomic E-state index is 13.9. The van der Waals surface area contributed by atoms with Gasteiger partial charge in [0.15, 0.2) is 11.6 Å². The van der Waals surface area contributed by atoms with Gasteiger partial charge in [-0.2, -0.15) is 0 Å². The van der Waals surface area contributed by atoms with Crippen LogP contribution in [0.1, 0.15) is 5.56 Å². The molecular formula is C13H21FN2O2. The third kappa shape index (κ3) is 4.25. The van der Waals surface area contributed by atoms with E-state index in [4.69, 9.17) is 15.2 Å². The summed E-state index contributed by atoms with van der Waals surface area (Å²) in [6.07, 6.45) is 0. The Labute approximate surface area is 107 Å². The van der Waals surface area contributed by atoms with Crippen LogP contribution < -0.4 is 10.5 Å². The number of rotatable bonds is 7. The number of ether oxygens (including phenoxy) is 2. The van der Waals surface area contributed by atoms with Crippen molar-refractivity contribution in [3.63, 3.8) is 0 Å². The molecule has 0 amide bonds. The molecule has 1 aromatic carbocycles. The number of nitrogens with two attached hydrogens (primary N) is 1. The minimum absolute atomic E-state index is 0.0753. The maximum atomic E-state index is 13.9. The summed E-state index contributed by atoms with van der Waals surface area (Å²) in [4.78, 5) is 1.96. The van der Waals surface area contributed by atoms with E-state index in [1.54, 1.807) is 25.3 Å². The van der Waals surface area contributed by atoms with Crippen molar-refractivity contribution >= 4 is 0 Å². The van der Waals surface area contributed by atoms with Crippen LogP contribution in [-0.4, -0.2) is 45.4 Å². The second kappa shape index (κ2) is 7.31. The van der Waals surface area contributed by atoms with Crippen LogP contribution in [-0.2, 0) is 11.3 Å². The van der Waals surface area contributed by atoms with E-state index in [2.05, 4.69) is 0 Å². The lowest BCUT2D eigenvalue weighted by Gasteiger charge is -2.21. The minimum atomic E-state index is -0.313. The number of halogens is 1. The minimum Gasteiger partial charge on any atom is -0.494 e. The molecule has 0 aliphatic heterocycles. The van der Waals surface area contributed by atoms with Crippen molar-refractivity contribution in [3.8, 4) is 5.75 Å². The smallest absolute Gasteiger partial charge is 0.169 e. The van der Waals surface area contributed by atoms with Crippen LogP contribution in [0.3, 0.4) is 0 Å². The van der Waals surface area contributed by atoms with E-state index in [9.17, 15) is 4.39 Å². The molecule has 102 valence electrons. The highest BCUT2D eigenvalue weighted by atomic mass is 19.1. The SMILES string of the molecule is COCC(N)CN(C)Cc1cccc(OC)c1F. The van der Waals surface area contributed by atoms with Crippen molar-refractivity contribution in [2.75, 3.05) is 34.4 Å². The molecule has 1 rings (SSSR count). The molecule has 0 fully saturated rings. The van der Waals surface area contributed by atoms with Gasteiger partial charge in [-0.25, -0.2) is 4.39 Å². The Morgan fingerprint density at radius 1 is 1.39 bits per heavy atom. The third-order valence-corrected chi connectivity index (χ3v) is 2.63. The number of hydrogen-bond acceptors (Lipinski definition) is 4. The van der Waals surface area contributed by atoms with E-state index in [0.29, 0.717) is 25.3 Å². The molecule has 1 unspecified atom stereocenters. The Kier molecular flexibility index (Phi) is 6.04.